The number of hydrogen-bond donors (Lipinski definition) is 0. The summed E-state index contributed by atoms with van der Waals surface area (Å²) in [5.41, 5.74) is 20.2. The fourth-order valence-electron chi connectivity index (χ4n) is 16.6. The molecule has 3 unspecified atom stereocenters. The number of fused-ring (bicyclic) bond motifs is 22. The Balaban J connectivity index is 0.953. The third kappa shape index (κ3) is 7.02. The van der Waals surface area contributed by atoms with Crippen LogP contribution in [0.2, 0.25) is 19.6 Å². The molecule has 18 rings (SSSR count). The maximum atomic E-state index is 10.6. The average Bonchev–Trinajstić information content (AvgIpc) is 1.47. The van der Waals surface area contributed by atoms with Crippen molar-refractivity contribution < 1.29 is 9.15 Å². The van der Waals surface area contributed by atoms with Gasteiger partial charge in [0.2, 0.25) is 0 Å². The molecule has 0 fully saturated rings. The first kappa shape index (κ1) is 52.2. The highest BCUT2D eigenvalue weighted by Crippen LogP contribution is 2.68. The van der Waals surface area contributed by atoms with E-state index in [0.29, 0.717) is 34.5 Å². The van der Waals surface area contributed by atoms with Crippen LogP contribution >= 0.6 is 0 Å². The van der Waals surface area contributed by atoms with Gasteiger partial charge in [0, 0.05) is 67.2 Å². The average molecular weight is 1170 g/mol. The predicted molar refractivity (Wildman–Crippen MR) is 370 cm³/mol. The summed E-state index contributed by atoms with van der Waals surface area (Å²) >= 11 is 0. The standard InChI is InChI=1S/C82H59N5O2Si/c1-49-30-34-54(35-31-49)85(73-28-14-23-62-61-22-12-18-52(47-83)78(61)88-80(62)73)56-38-43-71-64(44-56)65-45-57(86(55-36-39-58(40-37-55)90(3,4)5)74-29-15-26-66-63-24-13-19-53(48-84)79(63)89-81(66,74)2)46-70-77(65)87(71)72-27-11-10-25-67(72)82(70)68-41-32-50-16-6-8-20-59(50)75(68)76-60-21-9-7-17-51(60)33-42-69(76)82/h6-45,70,74H,46H2,1-5H3. The molecule has 0 amide bonds. The molecule has 7 nitrogen and oxygen atoms in total. The molecule has 4 heterocycles. The number of ether oxygens (including phenoxy) is 1. The van der Waals surface area contributed by atoms with Crippen molar-refractivity contribution in [3.63, 3.8) is 0 Å². The fourth-order valence-corrected chi connectivity index (χ4v) is 17.7. The number of allylic oxidation sites excluding steroid dienone is 3. The van der Waals surface area contributed by atoms with E-state index in [1.165, 1.54) is 77.2 Å². The highest BCUT2D eigenvalue weighted by atomic mass is 28.3. The van der Waals surface area contributed by atoms with Crippen molar-refractivity contribution in [2.75, 3.05) is 9.80 Å². The lowest BCUT2D eigenvalue weighted by molar-refractivity contribution is 0.148. The molecule has 2 aliphatic heterocycles. The molecule has 3 atom stereocenters. The zero-order valence-corrected chi connectivity index (χ0v) is 51.5. The summed E-state index contributed by atoms with van der Waals surface area (Å²) in [6.45, 7) is 11.6. The number of rotatable bonds is 7. The first-order valence-corrected chi connectivity index (χ1v) is 34.7. The van der Waals surface area contributed by atoms with E-state index in [2.05, 4.69) is 272 Å². The van der Waals surface area contributed by atoms with Gasteiger partial charge >= 0.3 is 0 Å². The molecule has 1 spiro atoms. The highest BCUT2D eigenvalue weighted by Gasteiger charge is 2.58. The van der Waals surface area contributed by atoms with Crippen molar-refractivity contribution in [1.82, 2.24) is 4.57 Å². The fraction of sp³-hybridized carbons (Fsp3) is 0.122. The minimum absolute atomic E-state index is 0.154. The van der Waals surface area contributed by atoms with Gasteiger partial charge in [-0.25, -0.2) is 0 Å². The van der Waals surface area contributed by atoms with Gasteiger partial charge in [0.05, 0.1) is 47.5 Å². The van der Waals surface area contributed by atoms with Gasteiger partial charge in [0.1, 0.15) is 17.9 Å². The van der Waals surface area contributed by atoms with Crippen molar-refractivity contribution in [3.8, 4) is 34.7 Å². The number of furan rings is 1. The van der Waals surface area contributed by atoms with E-state index in [9.17, 15) is 10.5 Å². The van der Waals surface area contributed by atoms with Gasteiger partial charge < -0.3 is 23.5 Å². The molecule has 0 saturated heterocycles. The Hall–Kier alpha value is -10.9. The minimum Gasteiger partial charge on any atom is -0.478 e. The third-order valence-corrected chi connectivity index (χ3v) is 22.6. The lowest BCUT2D eigenvalue weighted by Gasteiger charge is -2.50. The summed E-state index contributed by atoms with van der Waals surface area (Å²) in [7, 11) is -1.74. The van der Waals surface area contributed by atoms with Crippen LogP contribution in [0.15, 0.2) is 247 Å². The van der Waals surface area contributed by atoms with Gasteiger partial charge in [-0.2, -0.15) is 10.5 Å². The normalized spacial score (nSPS) is 17.9. The quantitative estimate of drug-likeness (QED) is 0.148. The molecule has 428 valence electrons. The second kappa shape index (κ2) is 18.8. The first-order valence-electron chi connectivity index (χ1n) is 31.2. The van der Waals surface area contributed by atoms with E-state index in [-0.39, 0.29) is 12.0 Å². The minimum atomic E-state index is -1.74. The Kier molecular flexibility index (Phi) is 10.9. The summed E-state index contributed by atoms with van der Waals surface area (Å²) in [4.78, 5) is 4.94. The van der Waals surface area contributed by atoms with Crippen LogP contribution in [0, 0.1) is 29.6 Å². The summed E-state index contributed by atoms with van der Waals surface area (Å²) in [5, 5.41) is 30.3. The molecule has 0 N–H and O–H groups in total. The molecule has 0 bridgehead atoms. The number of para-hydroxylation sites is 4. The summed E-state index contributed by atoms with van der Waals surface area (Å²) < 4.78 is 16.9. The van der Waals surface area contributed by atoms with Crippen LogP contribution in [-0.2, 0) is 5.41 Å². The van der Waals surface area contributed by atoms with Crippen LogP contribution in [-0.4, -0.2) is 24.3 Å². The molecule has 8 heteroatoms. The molecule has 0 radical (unpaired) electrons. The van der Waals surface area contributed by atoms with Crippen molar-refractivity contribution in [2.24, 2.45) is 0 Å². The number of aryl methyl sites for hydroxylation is 1. The van der Waals surface area contributed by atoms with Gasteiger partial charge in [0.15, 0.2) is 16.8 Å². The van der Waals surface area contributed by atoms with Gasteiger partial charge in [-0.05, 0) is 142 Å². The highest BCUT2D eigenvalue weighted by molar-refractivity contribution is 6.88. The zero-order chi connectivity index (χ0) is 60.5. The predicted octanol–water partition coefficient (Wildman–Crippen LogP) is 19.7. The molecular formula is C82H59N5O2Si. The molecule has 2 aromatic heterocycles. The second-order valence-electron chi connectivity index (χ2n) is 26.3. The molecule has 13 aromatic rings. The van der Waals surface area contributed by atoms with Crippen molar-refractivity contribution >= 4 is 102 Å². The molecule has 5 aliphatic rings. The van der Waals surface area contributed by atoms with Gasteiger partial charge in [-0.1, -0.05) is 200 Å². The Bertz CT molecular complexity index is 5420. The van der Waals surface area contributed by atoms with Crippen LogP contribution in [0.5, 0.6) is 5.75 Å². The van der Waals surface area contributed by atoms with Crippen LogP contribution in [0.25, 0.3) is 82.8 Å². The van der Waals surface area contributed by atoms with E-state index in [4.69, 9.17) is 9.15 Å². The maximum Gasteiger partial charge on any atom is 0.159 e. The van der Waals surface area contributed by atoms with Crippen molar-refractivity contribution in [2.45, 2.75) is 62.9 Å². The van der Waals surface area contributed by atoms with Crippen LogP contribution in [0.4, 0.5) is 22.7 Å². The number of anilines is 4. The summed E-state index contributed by atoms with van der Waals surface area (Å²) in [5.74, 6) is 0.480. The lowest BCUT2D eigenvalue weighted by Crippen LogP contribution is -2.54. The summed E-state index contributed by atoms with van der Waals surface area (Å²) in [6, 6.07) is 84.7. The Morgan fingerprint density at radius 2 is 1.22 bits per heavy atom. The van der Waals surface area contributed by atoms with E-state index in [1.807, 2.05) is 30.3 Å². The lowest BCUT2D eigenvalue weighted by atomic mass is 9.58. The topological polar surface area (TPSA) is 81.4 Å². The Morgan fingerprint density at radius 1 is 0.589 bits per heavy atom. The number of nitrogens with zero attached hydrogens (tertiary/aromatic N) is 5. The SMILES string of the molecule is Cc1ccc(N(c2ccc3c(c2)c2c4n3-c3ccccc3C3(c5ccc6ccccc6c5-c5c3ccc3ccccc53)C4CC(N(c3ccc([Si](C)(C)C)cc3)C3C=CC=C4c5cccc(C#N)c5OC43C)=C2)c2cccc3c2oc2c(C#N)cccc23)cc1. The number of benzene rings is 11. The number of hydrogen-bond acceptors (Lipinski definition) is 6. The smallest absolute Gasteiger partial charge is 0.159 e. The van der Waals surface area contributed by atoms with Gasteiger partial charge in [-0.3, -0.25) is 0 Å². The monoisotopic (exact) mass is 1170 g/mol. The van der Waals surface area contributed by atoms with E-state index in [1.54, 1.807) is 0 Å². The molecule has 3 aliphatic carbocycles. The molecular weight excluding hydrogens is 1120 g/mol. The van der Waals surface area contributed by atoms with E-state index >= 15 is 0 Å². The van der Waals surface area contributed by atoms with Gasteiger partial charge in [0.25, 0.3) is 0 Å². The van der Waals surface area contributed by atoms with Crippen LogP contribution in [0.3, 0.4) is 0 Å². The van der Waals surface area contributed by atoms with Crippen LogP contribution in [0.1, 0.15) is 69.5 Å². The van der Waals surface area contributed by atoms with E-state index in [0.717, 1.165) is 61.1 Å². The third-order valence-electron chi connectivity index (χ3n) is 20.5. The van der Waals surface area contributed by atoms with Crippen molar-refractivity contribution in [1.29, 1.82) is 10.5 Å². The molecule has 0 saturated carbocycles. The van der Waals surface area contributed by atoms with Gasteiger partial charge in [-0.15, -0.1) is 0 Å². The Morgan fingerprint density at radius 3 is 1.94 bits per heavy atom. The zero-order valence-electron chi connectivity index (χ0n) is 50.5. The van der Waals surface area contributed by atoms with E-state index < -0.39 is 19.1 Å². The number of nitriles is 2. The summed E-state index contributed by atoms with van der Waals surface area (Å²) in [6.07, 6.45) is 9.92. The number of aromatic nitrogens is 1. The molecule has 11 aromatic carbocycles. The Labute approximate surface area is 523 Å². The van der Waals surface area contributed by atoms with Crippen molar-refractivity contribution in [3.05, 3.63) is 293 Å². The second-order valence-corrected chi connectivity index (χ2v) is 31.4. The first-order chi connectivity index (χ1) is 44.0. The van der Waals surface area contributed by atoms with Crippen LogP contribution < -0.4 is 19.7 Å². The maximum absolute atomic E-state index is 10.6. The largest absolute Gasteiger partial charge is 0.478 e. The molecule has 90 heavy (non-hydrogen) atoms.